The predicted octanol–water partition coefficient (Wildman–Crippen LogP) is 4.11. The van der Waals surface area contributed by atoms with Gasteiger partial charge in [0.1, 0.15) is 0 Å². The fraction of sp³-hybridized carbons (Fsp3) is 0.231. The van der Waals surface area contributed by atoms with Gasteiger partial charge in [-0.3, -0.25) is 24.3 Å². The molecule has 6 heteroatoms. The molecule has 1 saturated heterocycles. The number of para-hydroxylation sites is 1. The number of imide groups is 1. The predicted molar refractivity (Wildman–Crippen MR) is 121 cm³/mol. The van der Waals surface area contributed by atoms with Crippen LogP contribution in [-0.4, -0.2) is 22.7 Å². The van der Waals surface area contributed by atoms with Gasteiger partial charge in [-0.1, -0.05) is 24.3 Å². The Bertz CT molecular complexity index is 1300. The zero-order valence-electron chi connectivity index (χ0n) is 17.5. The average molecular weight is 423 g/mol. The third-order valence-electron chi connectivity index (χ3n) is 7.10. The quantitative estimate of drug-likeness (QED) is 0.508. The number of amides is 3. The van der Waals surface area contributed by atoms with Crippen molar-refractivity contribution >= 4 is 40.0 Å². The molecule has 1 aromatic heterocycles. The van der Waals surface area contributed by atoms with E-state index in [2.05, 4.69) is 22.5 Å². The molecule has 2 fully saturated rings. The molecule has 32 heavy (non-hydrogen) atoms. The lowest BCUT2D eigenvalue weighted by atomic mass is 9.85. The molecule has 0 spiro atoms. The molecule has 4 atom stereocenters. The minimum absolute atomic E-state index is 0.119. The Morgan fingerprint density at radius 1 is 0.969 bits per heavy atom. The molecule has 0 radical (unpaired) electrons. The highest BCUT2D eigenvalue weighted by Gasteiger charge is 2.59. The lowest BCUT2D eigenvalue weighted by Gasteiger charge is -2.17. The van der Waals surface area contributed by atoms with E-state index in [0.29, 0.717) is 16.9 Å². The Morgan fingerprint density at radius 2 is 1.66 bits per heavy atom. The number of anilines is 2. The lowest BCUT2D eigenvalue weighted by Crippen LogP contribution is -2.32. The van der Waals surface area contributed by atoms with E-state index in [1.54, 1.807) is 30.5 Å². The summed E-state index contributed by atoms with van der Waals surface area (Å²) in [4.78, 5) is 44.6. The second kappa shape index (κ2) is 6.85. The van der Waals surface area contributed by atoms with Crippen LogP contribution in [0.3, 0.4) is 0 Å². The van der Waals surface area contributed by atoms with Crippen molar-refractivity contribution < 1.29 is 14.4 Å². The first-order valence-corrected chi connectivity index (χ1v) is 10.8. The SMILES string of the molecule is Cc1ccnc2c(NC(=O)c3ccc(N4C(=O)[C@@H]5[C@H](C4=O)[C@@H]4C=C[C@H]5C4)cc3)cccc12. The second-order valence-electron chi connectivity index (χ2n) is 8.84. The normalized spacial score (nSPS) is 25.6. The fourth-order valence-electron chi connectivity index (χ4n) is 5.53. The van der Waals surface area contributed by atoms with Crippen LogP contribution < -0.4 is 10.2 Å². The van der Waals surface area contributed by atoms with Crippen molar-refractivity contribution in [2.75, 3.05) is 10.2 Å². The number of carbonyl (C=O) groups is 3. The molecule has 2 aromatic carbocycles. The number of nitrogens with one attached hydrogen (secondary N) is 1. The van der Waals surface area contributed by atoms with Crippen molar-refractivity contribution in [3.63, 3.8) is 0 Å². The minimum Gasteiger partial charge on any atom is -0.320 e. The van der Waals surface area contributed by atoms with E-state index in [-0.39, 0.29) is 41.4 Å². The Morgan fingerprint density at radius 3 is 2.34 bits per heavy atom. The molecule has 3 amide bonds. The largest absolute Gasteiger partial charge is 0.320 e. The molecule has 0 unspecified atom stereocenters. The van der Waals surface area contributed by atoms with Crippen molar-refractivity contribution in [2.24, 2.45) is 23.7 Å². The van der Waals surface area contributed by atoms with Gasteiger partial charge in [-0.15, -0.1) is 0 Å². The van der Waals surface area contributed by atoms with Gasteiger partial charge in [-0.2, -0.15) is 0 Å². The number of nitrogens with zero attached hydrogens (tertiary/aromatic N) is 2. The fourth-order valence-corrected chi connectivity index (χ4v) is 5.53. The maximum Gasteiger partial charge on any atom is 0.255 e. The summed E-state index contributed by atoms with van der Waals surface area (Å²) in [5, 5.41) is 3.92. The van der Waals surface area contributed by atoms with Gasteiger partial charge in [0.2, 0.25) is 11.8 Å². The monoisotopic (exact) mass is 423 g/mol. The molecule has 2 bridgehead atoms. The zero-order chi connectivity index (χ0) is 22.0. The van der Waals surface area contributed by atoms with Crippen molar-refractivity contribution in [1.29, 1.82) is 0 Å². The van der Waals surface area contributed by atoms with E-state index in [1.807, 2.05) is 31.2 Å². The highest BCUT2D eigenvalue weighted by molar-refractivity contribution is 6.23. The number of hydrogen-bond donors (Lipinski definition) is 1. The van der Waals surface area contributed by atoms with Crippen LogP contribution in [0.5, 0.6) is 0 Å². The topological polar surface area (TPSA) is 79.4 Å². The van der Waals surface area contributed by atoms with Crippen molar-refractivity contribution in [3.8, 4) is 0 Å². The Labute approximate surface area is 184 Å². The van der Waals surface area contributed by atoms with E-state index in [4.69, 9.17) is 0 Å². The van der Waals surface area contributed by atoms with Crippen LogP contribution in [0.15, 0.2) is 66.9 Å². The van der Waals surface area contributed by atoms with Crippen molar-refractivity contribution in [1.82, 2.24) is 4.98 Å². The molecule has 1 N–H and O–H groups in total. The summed E-state index contributed by atoms with van der Waals surface area (Å²) in [7, 11) is 0. The summed E-state index contributed by atoms with van der Waals surface area (Å²) in [6.45, 7) is 2.00. The first kappa shape index (κ1) is 18.9. The van der Waals surface area contributed by atoms with Gasteiger partial charge in [-0.05, 0) is 67.1 Å². The Hall–Kier alpha value is -3.80. The van der Waals surface area contributed by atoms with Gasteiger partial charge in [0.25, 0.3) is 5.91 Å². The van der Waals surface area contributed by atoms with Crippen molar-refractivity contribution in [2.45, 2.75) is 13.3 Å². The summed E-state index contributed by atoms with van der Waals surface area (Å²) in [5.41, 5.74) is 3.43. The summed E-state index contributed by atoms with van der Waals surface area (Å²) in [6.07, 6.45) is 6.79. The number of pyridine rings is 1. The first-order valence-electron chi connectivity index (χ1n) is 10.8. The second-order valence-corrected chi connectivity index (χ2v) is 8.84. The molecule has 2 heterocycles. The van der Waals surface area contributed by atoms with Crippen LogP contribution in [0.2, 0.25) is 0 Å². The van der Waals surface area contributed by atoms with Crippen LogP contribution in [0.4, 0.5) is 11.4 Å². The molecule has 6 rings (SSSR count). The minimum atomic E-state index is -0.273. The Balaban J connectivity index is 1.24. The summed E-state index contributed by atoms with van der Waals surface area (Å²) < 4.78 is 0. The average Bonchev–Trinajstić information content (AvgIpc) is 3.48. The van der Waals surface area contributed by atoms with Crippen LogP contribution in [0.1, 0.15) is 22.3 Å². The smallest absolute Gasteiger partial charge is 0.255 e. The summed E-state index contributed by atoms with van der Waals surface area (Å²) >= 11 is 0. The highest BCUT2D eigenvalue weighted by Crippen LogP contribution is 2.53. The van der Waals surface area contributed by atoms with Crippen LogP contribution >= 0.6 is 0 Å². The van der Waals surface area contributed by atoms with Gasteiger partial charge in [0, 0.05) is 17.1 Å². The van der Waals surface area contributed by atoms with Gasteiger partial charge < -0.3 is 5.32 Å². The van der Waals surface area contributed by atoms with Gasteiger partial charge in [-0.25, -0.2) is 0 Å². The third kappa shape index (κ3) is 2.65. The lowest BCUT2D eigenvalue weighted by molar-refractivity contribution is -0.123. The van der Waals surface area contributed by atoms with Crippen LogP contribution in [0.25, 0.3) is 10.9 Å². The number of benzene rings is 2. The van der Waals surface area contributed by atoms with Crippen molar-refractivity contribution in [3.05, 3.63) is 78.0 Å². The standard InChI is InChI=1S/C26H21N3O3/c1-14-11-12-27-23-19(14)3-2-4-20(23)28-24(30)15-7-9-18(10-8-15)29-25(31)21-16-5-6-17(13-16)22(21)26(29)32/h2-12,16-17,21-22H,13H2,1H3,(H,28,30)/t16-,17+,21-,22+. The van der Waals surface area contributed by atoms with E-state index in [1.165, 1.54) is 4.90 Å². The highest BCUT2D eigenvalue weighted by atomic mass is 16.2. The molecule has 158 valence electrons. The number of carbonyl (C=O) groups excluding carboxylic acids is 3. The molecule has 6 nitrogen and oxygen atoms in total. The van der Waals surface area contributed by atoms with E-state index in [0.717, 1.165) is 22.9 Å². The molecule has 1 saturated carbocycles. The van der Waals surface area contributed by atoms with E-state index >= 15 is 0 Å². The zero-order valence-corrected chi connectivity index (χ0v) is 17.5. The van der Waals surface area contributed by atoms with E-state index in [9.17, 15) is 14.4 Å². The molecular weight excluding hydrogens is 402 g/mol. The van der Waals surface area contributed by atoms with E-state index < -0.39 is 0 Å². The first-order chi connectivity index (χ1) is 15.5. The summed E-state index contributed by atoms with van der Waals surface area (Å²) in [5.74, 6) is -0.627. The summed E-state index contributed by atoms with van der Waals surface area (Å²) in [6, 6.07) is 14.3. The number of aryl methyl sites for hydroxylation is 1. The van der Waals surface area contributed by atoms with Crippen LogP contribution in [0, 0.1) is 30.6 Å². The maximum atomic E-state index is 13.0. The molecule has 2 aliphatic carbocycles. The van der Waals surface area contributed by atoms with Gasteiger partial charge in [0.05, 0.1) is 28.7 Å². The van der Waals surface area contributed by atoms with Gasteiger partial charge >= 0.3 is 0 Å². The number of allylic oxidation sites excluding steroid dienone is 2. The van der Waals surface area contributed by atoms with Gasteiger partial charge in [0.15, 0.2) is 0 Å². The molecule has 3 aromatic rings. The number of hydrogen-bond acceptors (Lipinski definition) is 4. The third-order valence-corrected chi connectivity index (χ3v) is 7.10. The maximum absolute atomic E-state index is 13.0. The van der Waals surface area contributed by atoms with Crippen LogP contribution in [-0.2, 0) is 9.59 Å². The number of fused-ring (bicyclic) bond motifs is 6. The number of rotatable bonds is 3. The molecule has 3 aliphatic rings. The molecule has 1 aliphatic heterocycles. The molecular formula is C26H21N3O3. The Kier molecular flexibility index (Phi) is 4.05. The number of aromatic nitrogens is 1.